The van der Waals surface area contributed by atoms with Crippen molar-refractivity contribution in [3.8, 4) is 5.75 Å². The summed E-state index contributed by atoms with van der Waals surface area (Å²) in [7, 11) is 3.95. The minimum absolute atomic E-state index is 0.00986. The summed E-state index contributed by atoms with van der Waals surface area (Å²) in [5.41, 5.74) is 2.92. The number of hydrogen-bond donors (Lipinski definition) is 1. The van der Waals surface area contributed by atoms with Crippen LogP contribution in [0.15, 0.2) is 46.9 Å². The number of halogens is 1. The van der Waals surface area contributed by atoms with Gasteiger partial charge >= 0.3 is 0 Å². The van der Waals surface area contributed by atoms with E-state index in [0.717, 1.165) is 33.6 Å². The molecule has 0 aliphatic heterocycles. The predicted octanol–water partition coefficient (Wildman–Crippen LogP) is 4.10. The molecule has 2 aromatic rings. The first-order valence-corrected chi connectivity index (χ1v) is 8.27. The number of amides is 1. The lowest BCUT2D eigenvalue weighted by atomic mass is 10.1. The second-order valence-corrected chi connectivity index (χ2v) is 6.30. The molecule has 0 unspecified atom stereocenters. The van der Waals surface area contributed by atoms with Gasteiger partial charge in [-0.1, -0.05) is 22.9 Å². The molecule has 5 heteroatoms. The smallest absolute Gasteiger partial charge is 0.262 e. The largest absolute Gasteiger partial charge is 0.483 e. The van der Waals surface area contributed by atoms with Crippen molar-refractivity contribution in [2.45, 2.75) is 13.3 Å². The van der Waals surface area contributed by atoms with Crippen LogP contribution >= 0.6 is 15.9 Å². The Morgan fingerprint density at radius 3 is 2.48 bits per heavy atom. The van der Waals surface area contributed by atoms with Crippen molar-refractivity contribution < 1.29 is 9.53 Å². The van der Waals surface area contributed by atoms with Crippen LogP contribution in [-0.4, -0.2) is 26.6 Å². The summed E-state index contributed by atoms with van der Waals surface area (Å²) >= 11 is 3.44. The highest BCUT2D eigenvalue weighted by Crippen LogP contribution is 2.23. The van der Waals surface area contributed by atoms with Gasteiger partial charge in [-0.3, -0.25) is 4.79 Å². The van der Waals surface area contributed by atoms with E-state index < -0.39 is 0 Å². The van der Waals surface area contributed by atoms with E-state index in [4.69, 9.17) is 4.74 Å². The van der Waals surface area contributed by atoms with Crippen molar-refractivity contribution >= 4 is 33.2 Å². The lowest BCUT2D eigenvalue weighted by Gasteiger charge is -2.13. The van der Waals surface area contributed by atoms with Crippen LogP contribution in [0.3, 0.4) is 0 Å². The van der Waals surface area contributed by atoms with Gasteiger partial charge in [0.1, 0.15) is 5.75 Å². The molecule has 0 fully saturated rings. The Hall–Kier alpha value is -2.01. The Balaban J connectivity index is 1.92. The number of carbonyl (C=O) groups excluding carboxylic acids is 1. The molecular formula is C18H21BrN2O2. The lowest BCUT2D eigenvalue weighted by Crippen LogP contribution is -2.20. The molecule has 0 heterocycles. The Labute approximate surface area is 145 Å². The topological polar surface area (TPSA) is 41.6 Å². The van der Waals surface area contributed by atoms with Crippen molar-refractivity contribution in [2.24, 2.45) is 0 Å². The fourth-order valence-corrected chi connectivity index (χ4v) is 2.56. The predicted molar refractivity (Wildman–Crippen MR) is 98.4 cm³/mol. The molecule has 122 valence electrons. The molecule has 0 aromatic heterocycles. The minimum atomic E-state index is -0.174. The summed E-state index contributed by atoms with van der Waals surface area (Å²) in [6, 6.07) is 13.5. The summed E-state index contributed by atoms with van der Waals surface area (Å²) in [5, 5.41) is 2.84. The first kappa shape index (κ1) is 17.3. The van der Waals surface area contributed by atoms with Gasteiger partial charge in [0.15, 0.2) is 6.61 Å². The second-order valence-electron chi connectivity index (χ2n) is 5.38. The number of nitrogens with zero attached hydrogens (tertiary/aromatic N) is 1. The molecule has 2 aromatic carbocycles. The first-order valence-electron chi connectivity index (χ1n) is 7.48. The first-order chi connectivity index (χ1) is 11.0. The molecule has 1 N–H and O–H groups in total. The highest BCUT2D eigenvalue weighted by Gasteiger charge is 2.07. The molecule has 2 rings (SSSR count). The summed E-state index contributed by atoms with van der Waals surface area (Å²) in [4.78, 5) is 14.0. The molecule has 0 radical (unpaired) electrons. The number of anilines is 2. The molecule has 0 atom stereocenters. The third-order valence-electron chi connectivity index (χ3n) is 3.43. The Kier molecular flexibility index (Phi) is 6.04. The number of rotatable bonds is 6. The zero-order chi connectivity index (χ0) is 16.8. The van der Waals surface area contributed by atoms with Crippen LogP contribution in [0.25, 0.3) is 0 Å². The maximum Gasteiger partial charge on any atom is 0.262 e. The average Bonchev–Trinajstić information content (AvgIpc) is 2.54. The number of carbonyl (C=O) groups is 1. The fraction of sp³-hybridized carbons (Fsp3) is 0.278. The van der Waals surface area contributed by atoms with Crippen molar-refractivity contribution in [1.82, 2.24) is 0 Å². The molecule has 0 aliphatic carbocycles. The van der Waals surface area contributed by atoms with Gasteiger partial charge in [0.05, 0.1) is 0 Å². The van der Waals surface area contributed by atoms with E-state index in [1.807, 2.05) is 61.5 Å². The van der Waals surface area contributed by atoms with Crippen LogP contribution in [0, 0.1) is 0 Å². The summed E-state index contributed by atoms with van der Waals surface area (Å²) in [6.45, 7) is 2.05. The monoisotopic (exact) mass is 376 g/mol. The highest BCUT2D eigenvalue weighted by molar-refractivity contribution is 9.10. The molecule has 23 heavy (non-hydrogen) atoms. The molecule has 0 aliphatic rings. The van der Waals surface area contributed by atoms with Gasteiger partial charge in [0.25, 0.3) is 5.91 Å². The van der Waals surface area contributed by atoms with Crippen molar-refractivity contribution in [2.75, 3.05) is 30.9 Å². The quantitative estimate of drug-likeness (QED) is 0.824. The third-order valence-corrected chi connectivity index (χ3v) is 3.92. The maximum absolute atomic E-state index is 12.0. The normalized spacial score (nSPS) is 10.3. The van der Waals surface area contributed by atoms with Gasteiger partial charge in [-0.15, -0.1) is 0 Å². The highest BCUT2D eigenvalue weighted by atomic mass is 79.9. The average molecular weight is 377 g/mol. The van der Waals surface area contributed by atoms with Gasteiger partial charge in [-0.2, -0.15) is 0 Å². The van der Waals surface area contributed by atoms with Crippen LogP contribution in [0.2, 0.25) is 0 Å². The van der Waals surface area contributed by atoms with Gasteiger partial charge in [-0.05, 0) is 54.4 Å². The van der Waals surface area contributed by atoms with E-state index in [1.165, 1.54) is 0 Å². The van der Waals surface area contributed by atoms with Gasteiger partial charge in [0.2, 0.25) is 0 Å². The number of ether oxygens (including phenoxy) is 1. The van der Waals surface area contributed by atoms with Gasteiger partial charge in [-0.25, -0.2) is 0 Å². The minimum Gasteiger partial charge on any atom is -0.483 e. The third kappa shape index (κ3) is 4.99. The van der Waals surface area contributed by atoms with Gasteiger partial charge < -0.3 is 15.0 Å². The lowest BCUT2D eigenvalue weighted by molar-refractivity contribution is -0.118. The van der Waals surface area contributed by atoms with E-state index in [9.17, 15) is 4.79 Å². The van der Waals surface area contributed by atoms with Crippen molar-refractivity contribution in [3.05, 3.63) is 52.5 Å². The van der Waals surface area contributed by atoms with E-state index in [2.05, 4.69) is 28.2 Å². The molecule has 1 amide bonds. The summed E-state index contributed by atoms with van der Waals surface area (Å²) in [5.74, 6) is 0.571. The fourth-order valence-electron chi connectivity index (χ4n) is 2.15. The van der Waals surface area contributed by atoms with Crippen LogP contribution in [-0.2, 0) is 11.2 Å². The van der Waals surface area contributed by atoms with Gasteiger partial charge in [0, 0.05) is 29.9 Å². The molecule has 0 bridgehead atoms. The zero-order valence-electron chi connectivity index (χ0n) is 13.6. The maximum atomic E-state index is 12.0. The second kappa shape index (κ2) is 8.02. The summed E-state index contributed by atoms with van der Waals surface area (Å²) < 4.78 is 6.64. The SMILES string of the molecule is CCc1cc(Br)ccc1OCC(=O)Nc1ccc(N(C)C)cc1. The van der Waals surface area contributed by atoms with Crippen LogP contribution < -0.4 is 15.0 Å². The zero-order valence-corrected chi connectivity index (χ0v) is 15.2. The van der Waals surface area contributed by atoms with E-state index in [1.54, 1.807) is 0 Å². The van der Waals surface area contributed by atoms with E-state index >= 15 is 0 Å². The Morgan fingerprint density at radius 2 is 1.87 bits per heavy atom. The molecule has 4 nitrogen and oxygen atoms in total. The number of aryl methyl sites for hydroxylation is 1. The van der Waals surface area contributed by atoms with Crippen LogP contribution in [0.4, 0.5) is 11.4 Å². The molecule has 0 spiro atoms. The van der Waals surface area contributed by atoms with Crippen molar-refractivity contribution in [3.63, 3.8) is 0 Å². The Morgan fingerprint density at radius 1 is 1.17 bits per heavy atom. The standard InChI is InChI=1S/C18H21BrN2O2/c1-4-13-11-14(19)5-10-17(13)23-12-18(22)20-15-6-8-16(9-7-15)21(2)3/h5-11H,4,12H2,1-3H3,(H,20,22). The van der Waals surface area contributed by atoms with Crippen LogP contribution in [0.5, 0.6) is 5.75 Å². The number of benzene rings is 2. The van der Waals surface area contributed by atoms with E-state index in [-0.39, 0.29) is 12.5 Å². The van der Waals surface area contributed by atoms with Crippen molar-refractivity contribution in [1.29, 1.82) is 0 Å². The molecular weight excluding hydrogens is 356 g/mol. The number of hydrogen-bond acceptors (Lipinski definition) is 3. The molecule has 0 saturated heterocycles. The Bertz CT molecular complexity index is 669. The molecule has 0 saturated carbocycles. The van der Waals surface area contributed by atoms with E-state index in [0.29, 0.717) is 0 Å². The summed E-state index contributed by atoms with van der Waals surface area (Å²) in [6.07, 6.45) is 0.850. The number of nitrogens with one attached hydrogen (secondary N) is 1. The van der Waals surface area contributed by atoms with Crippen LogP contribution in [0.1, 0.15) is 12.5 Å².